The lowest BCUT2D eigenvalue weighted by Crippen LogP contribution is -2.11. The Morgan fingerprint density at radius 2 is 1.84 bits per heavy atom. The van der Waals surface area contributed by atoms with Gasteiger partial charge in [0.1, 0.15) is 5.82 Å². The van der Waals surface area contributed by atoms with Gasteiger partial charge in [0.05, 0.1) is 16.9 Å². The van der Waals surface area contributed by atoms with E-state index >= 15 is 0 Å². The van der Waals surface area contributed by atoms with Gasteiger partial charge in [-0.15, -0.1) is 0 Å². The topological polar surface area (TPSA) is 44.1 Å². The first kappa shape index (κ1) is 17.4. The molecule has 0 aliphatic rings. The highest BCUT2D eigenvalue weighted by Gasteiger charge is 2.16. The van der Waals surface area contributed by atoms with Crippen molar-refractivity contribution in [2.75, 3.05) is 0 Å². The zero-order valence-electron chi connectivity index (χ0n) is 13.6. The molecule has 2 aromatic carbocycles. The minimum Gasteiger partial charge on any atom is -0.404 e. The summed E-state index contributed by atoms with van der Waals surface area (Å²) in [6.45, 7) is 2.05. The molecule has 0 aliphatic carbocycles. The van der Waals surface area contributed by atoms with Crippen molar-refractivity contribution >= 4 is 21.9 Å². The standard InChI is InChI=1S/C19H16BrFN2O2/c1-2-3-16-12-18(23(22-16)17-10-8-15(21)9-11-17)25-19(24)13-4-6-14(20)7-5-13/h4-12H,2-3H2,1H3. The van der Waals surface area contributed by atoms with Gasteiger partial charge in [0.2, 0.25) is 5.88 Å². The molecule has 0 spiro atoms. The molecule has 4 nitrogen and oxygen atoms in total. The maximum atomic E-state index is 13.2. The predicted octanol–water partition coefficient (Wildman–Crippen LogP) is 4.95. The summed E-state index contributed by atoms with van der Waals surface area (Å²) in [5, 5.41) is 4.47. The van der Waals surface area contributed by atoms with Crippen LogP contribution in [0.5, 0.6) is 5.88 Å². The number of rotatable bonds is 5. The molecule has 3 aromatic rings. The zero-order chi connectivity index (χ0) is 17.8. The van der Waals surface area contributed by atoms with Crippen molar-refractivity contribution in [1.29, 1.82) is 0 Å². The van der Waals surface area contributed by atoms with E-state index in [2.05, 4.69) is 21.0 Å². The molecule has 25 heavy (non-hydrogen) atoms. The molecule has 0 unspecified atom stereocenters. The number of hydrogen-bond donors (Lipinski definition) is 0. The Balaban J connectivity index is 1.92. The van der Waals surface area contributed by atoms with E-state index < -0.39 is 5.97 Å². The molecule has 0 atom stereocenters. The Hall–Kier alpha value is -2.47. The number of nitrogens with zero attached hydrogens (tertiary/aromatic N) is 2. The summed E-state index contributed by atoms with van der Waals surface area (Å²) >= 11 is 3.33. The van der Waals surface area contributed by atoms with Gasteiger partial charge in [-0.05, 0) is 55.0 Å². The van der Waals surface area contributed by atoms with Crippen molar-refractivity contribution in [3.05, 3.63) is 76.1 Å². The van der Waals surface area contributed by atoms with E-state index in [4.69, 9.17) is 4.74 Å². The van der Waals surface area contributed by atoms with E-state index in [1.165, 1.54) is 16.8 Å². The van der Waals surface area contributed by atoms with Crippen molar-refractivity contribution in [3.63, 3.8) is 0 Å². The van der Waals surface area contributed by atoms with Crippen LogP contribution in [0, 0.1) is 5.82 Å². The van der Waals surface area contributed by atoms with Crippen LogP contribution in [0.2, 0.25) is 0 Å². The Bertz CT molecular complexity index is 873. The van der Waals surface area contributed by atoms with E-state index in [1.807, 2.05) is 6.92 Å². The molecule has 0 aliphatic heterocycles. The smallest absolute Gasteiger partial charge is 0.344 e. The van der Waals surface area contributed by atoms with Gasteiger partial charge in [0, 0.05) is 10.5 Å². The largest absolute Gasteiger partial charge is 0.404 e. The lowest BCUT2D eigenvalue weighted by atomic mass is 10.2. The number of esters is 1. The average Bonchev–Trinajstić information content (AvgIpc) is 2.99. The van der Waals surface area contributed by atoms with Crippen molar-refractivity contribution in [1.82, 2.24) is 9.78 Å². The Labute approximate surface area is 153 Å². The average molecular weight is 403 g/mol. The van der Waals surface area contributed by atoms with Crippen LogP contribution in [0.3, 0.4) is 0 Å². The number of aromatic nitrogens is 2. The van der Waals surface area contributed by atoms with Gasteiger partial charge >= 0.3 is 5.97 Å². The van der Waals surface area contributed by atoms with E-state index in [1.54, 1.807) is 42.5 Å². The molecule has 0 saturated carbocycles. The third-order valence-electron chi connectivity index (χ3n) is 3.58. The number of aryl methyl sites for hydroxylation is 1. The van der Waals surface area contributed by atoms with Crippen LogP contribution in [0.15, 0.2) is 59.1 Å². The van der Waals surface area contributed by atoms with E-state index in [0.29, 0.717) is 17.1 Å². The fourth-order valence-corrected chi connectivity index (χ4v) is 2.63. The van der Waals surface area contributed by atoms with Crippen LogP contribution >= 0.6 is 15.9 Å². The second-order valence-corrected chi connectivity index (χ2v) is 6.42. The van der Waals surface area contributed by atoms with Crippen LogP contribution in [0.4, 0.5) is 4.39 Å². The summed E-state index contributed by atoms with van der Waals surface area (Å²) in [4.78, 5) is 12.4. The predicted molar refractivity (Wildman–Crippen MR) is 96.6 cm³/mol. The molecule has 0 radical (unpaired) electrons. The van der Waals surface area contributed by atoms with Gasteiger partial charge in [-0.1, -0.05) is 29.3 Å². The van der Waals surface area contributed by atoms with Crippen molar-refractivity contribution in [2.24, 2.45) is 0 Å². The molecule has 3 rings (SSSR count). The Morgan fingerprint density at radius 1 is 1.16 bits per heavy atom. The van der Waals surface area contributed by atoms with Crippen LogP contribution in [0.25, 0.3) is 5.69 Å². The zero-order valence-corrected chi connectivity index (χ0v) is 15.2. The molecular weight excluding hydrogens is 387 g/mol. The molecule has 1 heterocycles. The number of halogens is 2. The minimum atomic E-state index is -0.473. The van der Waals surface area contributed by atoms with Crippen LogP contribution in [-0.2, 0) is 6.42 Å². The molecule has 0 saturated heterocycles. The lowest BCUT2D eigenvalue weighted by molar-refractivity contribution is 0.0723. The van der Waals surface area contributed by atoms with Gasteiger partial charge in [0.15, 0.2) is 0 Å². The normalized spacial score (nSPS) is 10.7. The second kappa shape index (κ2) is 7.61. The van der Waals surface area contributed by atoms with Gasteiger partial charge in [-0.3, -0.25) is 0 Å². The highest BCUT2D eigenvalue weighted by molar-refractivity contribution is 9.10. The second-order valence-electron chi connectivity index (χ2n) is 5.51. The highest BCUT2D eigenvalue weighted by atomic mass is 79.9. The molecule has 0 fully saturated rings. The first-order valence-corrected chi connectivity index (χ1v) is 8.68. The molecular formula is C19H16BrFN2O2. The fourth-order valence-electron chi connectivity index (χ4n) is 2.37. The third-order valence-corrected chi connectivity index (χ3v) is 4.11. The summed E-state index contributed by atoms with van der Waals surface area (Å²) in [6.07, 6.45) is 1.68. The Morgan fingerprint density at radius 3 is 2.48 bits per heavy atom. The highest BCUT2D eigenvalue weighted by Crippen LogP contribution is 2.22. The molecule has 1 aromatic heterocycles. The molecule has 0 bridgehead atoms. The molecule has 128 valence electrons. The van der Waals surface area contributed by atoms with Crippen molar-refractivity contribution < 1.29 is 13.9 Å². The number of hydrogen-bond acceptors (Lipinski definition) is 3. The molecule has 0 N–H and O–H groups in total. The van der Waals surface area contributed by atoms with E-state index in [-0.39, 0.29) is 5.82 Å². The summed E-state index contributed by atoms with van der Waals surface area (Å²) in [5.74, 6) is -0.500. The Kier molecular flexibility index (Phi) is 5.28. The molecule has 0 amide bonds. The SMILES string of the molecule is CCCc1cc(OC(=O)c2ccc(Br)cc2)n(-c2ccc(F)cc2)n1. The van der Waals surface area contributed by atoms with E-state index in [0.717, 1.165) is 23.0 Å². The van der Waals surface area contributed by atoms with Crippen LogP contribution in [-0.4, -0.2) is 15.7 Å². The van der Waals surface area contributed by atoms with Crippen molar-refractivity contribution in [2.45, 2.75) is 19.8 Å². The summed E-state index contributed by atoms with van der Waals surface area (Å²) in [5.41, 5.74) is 1.87. The first-order valence-electron chi connectivity index (χ1n) is 7.89. The summed E-state index contributed by atoms with van der Waals surface area (Å²) in [7, 11) is 0. The fraction of sp³-hybridized carbons (Fsp3) is 0.158. The third kappa shape index (κ3) is 4.14. The molecule has 6 heteroatoms. The summed E-state index contributed by atoms with van der Waals surface area (Å²) in [6, 6.07) is 14.5. The van der Waals surface area contributed by atoms with Gasteiger partial charge in [0.25, 0.3) is 0 Å². The van der Waals surface area contributed by atoms with Crippen LogP contribution < -0.4 is 4.74 Å². The van der Waals surface area contributed by atoms with Gasteiger partial charge < -0.3 is 4.74 Å². The maximum absolute atomic E-state index is 13.2. The number of carbonyl (C=O) groups is 1. The number of carbonyl (C=O) groups excluding carboxylic acids is 1. The minimum absolute atomic E-state index is 0.308. The number of benzene rings is 2. The van der Waals surface area contributed by atoms with Gasteiger partial charge in [-0.25, -0.2) is 13.9 Å². The lowest BCUT2D eigenvalue weighted by Gasteiger charge is -2.08. The van der Waals surface area contributed by atoms with Gasteiger partial charge in [-0.2, -0.15) is 5.10 Å². The summed E-state index contributed by atoms with van der Waals surface area (Å²) < 4.78 is 21.1. The van der Waals surface area contributed by atoms with Crippen molar-refractivity contribution in [3.8, 4) is 11.6 Å². The van der Waals surface area contributed by atoms with E-state index in [9.17, 15) is 9.18 Å². The quantitative estimate of drug-likeness (QED) is 0.567. The van der Waals surface area contributed by atoms with Crippen LogP contribution in [0.1, 0.15) is 29.4 Å². The first-order chi connectivity index (χ1) is 12.1. The maximum Gasteiger partial charge on any atom is 0.344 e. The number of ether oxygens (including phenoxy) is 1. The monoisotopic (exact) mass is 402 g/mol.